The third kappa shape index (κ3) is 4.36. The molecular weight excluding hydrogens is 468 g/mol. The molecule has 1 heterocycles. The lowest BCUT2D eigenvalue weighted by atomic mass is 9.90. The van der Waals surface area contributed by atoms with E-state index in [-0.39, 0.29) is 0 Å². The molecule has 0 spiro atoms. The van der Waals surface area contributed by atoms with Crippen LogP contribution in [0.4, 0.5) is 5.69 Å². The van der Waals surface area contributed by atoms with Gasteiger partial charge in [-0.3, -0.25) is 4.44 Å². The monoisotopic (exact) mass is 495 g/mol. The molecule has 0 aromatic heterocycles. The van der Waals surface area contributed by atoms with Gasteiger partial charge in [0.05, 0.1) is 0 Å². The van der Waals surface area contributed by atoms with Crippen LogP contribution in [0.25, 0.3) is 11.1 Å². The van der Waals surface area contributed by atoms with E-state index in [1.807, 2.05) is 24.3 Å². The van der Waals surface area contributed by atoms with Crippen LogP contribution >= 0.6 is 17.0 Å². The highest BCUT2D eigenvalue weighted by Gasteiger charge is 2.35. The summed E-state index contributed by atoms with van der Waals surface area (Å²) in [7, 11) is -0.716. The molecule has 6 rings (SSSR count). The van der Waals surface area contributed by atoms with Crippen LogP contribution in [0.15, 0.2) is 125 Å². The summed E-state index contributed by atoms with van der Waals surface area (Å²) in [6, 6.07) is 26.6. The summed E-state index contributed by atoms with van der Waals surface area (Å²) < 4.78 is 9.30. The van der Waals surface area contributed by atoms with Crippen LogP contribution in [0.2, 0.25) is 0 Å². The number of rotatable bonds is 5. The van der Waals surface area contributed by atoms with Gasteiger partial charge in [0.15, 0.2) is 0 Å². The molecule has 1 N–H and O–H groups in total. The van der Waals surface area contributed by atoms with Crippen LogP contribution in [0.1, 0.15) is 25.7 Å². The summed E-state index contributed by atoms with van der Waals surface area (Å²) in [5.74, 6) is 1.36. The van der Waals surface area contributed by atoms with Gasteiger partial charge in [-0.2, -0.15) is 0 Å². The summed E-state index contributed by atoms with van der Waals surface area (Å²) in [5.41, 5.74) is 5.96. The first-order valence-electron chi connectivity index (χ1n) is 12.1. The molecule has 2 unspecified atom stereocenters. The van der Waals surface area contributed by atoms with Crippen LogP contribution in [0, 0.1) is 0 Å². The highest BCUT2D eigenvalue weighted by atomic mass is 31.2. The average Bonchev–Trinajstić information content (AvgIpc) is 2.92. The molecule has 3 aromatic rings. The first-order chi connectivity index (χ1) is 17.3. The molecule has 2 atom stereocenters. The Morgan fingerprint density at radius 1 is 0.743 bits per heavy atom. The Labute approximate surface area is 209 Å². The van der Waals surface area contributed by atoms with Gasteiger partial charge in [0.25, 0.3) is 0 Å². The summed E-state index contributed by atoms with van der Waals surface area (Å²) >= 11 is 0. The van der Waals surface area contributed by atoms with Crippen LogP contribution in [-0.4, -0.2) is 5.11 Å². The summed E-state index contributed by atoms with van der Waals surface area (Å²) in [6.45, 7) is 0. The maximum absolute atomic E-state index is 10.6. The average molecular weight is 495 g/mol. The number of aromatic hydroxyl groups is 1. The van der Waals surface area contributed by atoms with Gasteiger partial charge in [-0.25, -0.2) is 0 Å². The second kappa shape index (κ2) is 9.86. The van der Waals surface area contributed by atoms with Crippen molar-refractivity contribution >= 4 is 28.0 Å². The number of phenols is 1. The van der Waals surface area contributed by atoms with E-state index in [4.69, 9.17) is 4.52 Å². The van der Waals surface area contributed by atoms with E-state index in [1.165, 1.54) is 21.8 Å². The van der Waals surface area contributed by atoms with E-state index < -0.39 is 8.30 Å². The largest absolute Gasteiger partial charge is 0.507 e. The molecule has 0 bridgehead atoms. The third-order valence-corrected chi connectivity index (χ3v) is 10.3. The van der Waals surface area contributed by atoms with Crippen molar-refractivity contribution < 1.29 is 9.63 Å². The maximum atomic E-state index is 10.6. The highest BCUT2D eigenvalue weighted by Crippen LogP contribution is 2.64. The van der Waals surface area contributed by atoms with Crippen molar-refractivity contribution in [3.63, 3.8) is 0 Å². The third-order valence-electron chi connectivity index (χ3n) is 6.56. The lowest BCUT2D eigenvalue weighted by Crippen LogP contribution is -2.19. The van der Waals surface area contributed by atoms with Gasteiger partial charge >= 0.3 is 0 Å². The number of fused-ring (bicyclic) bond motifs is 1. The number of benzene rings is 3. The smallest absolute Gasteiger partial charge is 0.229 e. The lowest BCUT2D eigenvalue weighted by Gasteiger charge is -2.39. The Kier molecular flexibility index (Phi) is 6.30. The first kappa shape index (κ1) is 22.4. The highest BCUT2D eigenvalue weighted by molar-refractivity contribution is 7.73. The van der Waals surface area contributed by atoms with Crippen LogP contribution in [-0.2, 0) is 4.52 Å². The molecule has 35 heavy (non-hydrogen) atoms. The minimum Gasteiger partial charge on any atom is -0.507 e. The zero-order valence-corrected chi connectivity index (χ0v) is 21.3. The van der Waals surface area contributed by atoms with Crippen molar-refractivity contribution in [3.05, 3.63) is 125 Å². The summed E-state index contributed by atoms with van der Waals surface area (Å²) in [5, 5.41) is 13.1. The standard InChI is InChI=1S/C30H27NO2P2/c32-27-18-8-4-14-23(27)25-16-6-10-20-29(25)34-31(22-12-2-1-3-13-22)35-30-21-11-7-17-26(30)24-15-5-9-19-28(24)33-35/h1-4,6,8-14,16,18-21,32,34H,5,7,15,17H2. The molecule has 0 saturated carbocycles. The van der Waals surface area contributed by atoms with E-state index >= 15 is 0 Å². The fourth-order valence-corrected chi connectivity index (χ4v) is 8.82. The van der Waals surface area contributed by atoms with Crippen LogP contribution < -0.4 is 9.75 Å². The van der Waals surface area contributed by atoms with Crippen molar-refractivity contribution in [3.8, 4) is 16.9 Å². The van der Waals surface area contributed by atoms with Crippen molar-refractivity contribution in [2.24, 2.45) is 0 Å². The van der Waals surface area contributed by atoms with E-state index in [0.717, 1.165) is 48.3 Å². The molecule has 1 aliphatic heterocycles. The Hall–Kier alpha value is -3.12. The zero-order chi connectivity index (χ0) is 23.6. The Bertz CT molecular complexity index is 1370. The van der Waals surface area contributed by atoms with Gasteiger partial charge < -0.3 is 9.63 Å². The van der Waals surface area contributed by atoms with Gasteiger partial charge in [0.1, 0.15) is 11.5 Å². The number of para-hydroxylation sites is 2. The fraction of sp³-hybridized carbons (Fsp3) is 0.133. The Balaban J connectivity index is 1.46. The van der Waals surface area contributed by atoms with E-state index in [0.29, 0.717) is 14.5 Å². The van der Waals surface area contributed by atoms with Gasteiger partial charge in [0, 0.05) is 30.6 Å². The van der Waals surface area contributed by atoms with Crippen molar-refractivity contribution in [2.75, 3.05) is 4.44 Å². The predicted octanol–water partition coefficient (Wildman–Crippen LogP) is 8.33. The molecule has 3 aromatic carbocycles. The molecule has 0 fully saturated rings. The molecule has 0 amide bonds. The number of anilines is 1. The maximum Gasteiger partial charge on any atom is 0.229 e. The molecule has 3 aliphatic rings. The van der Waals surface area contributed by atoms with Crippen LogP contribution in [0.5, 0.6) is 5.75 Å². The molecule has 2 aliphatic carbocycles. The molecule has 0 radical (unpaired) electrons. The van der Waals surface area contributed by atoms with Gasteiger partial charge in [-0.05, 0) is 66.7 Å². The second-order valence-corrected chi connectivity index (χ2v) is 12.0. The van der Waals surface area contributed by atoms with Gasteiger partial charge in [0.2, 0.25) is 8.30 Å². The first-order valence-corrected chi connectivity index (χ1v) is 14.2. The molecule has 0 saturated heterocycles. The van der Waals surface area contributed by atoms with Crippen molar-refractivity contribution in [2.45, 2.75) is 25.7 Å². The molecular formula is C30H27NO2P2. The van der Waals surface area contributed by atoms with E-state index in [2.05, 4.69) is 77.3 Å². The van der Waals surface area contributed by atoms with Crippen molar-refractivity contribution in [1.29, 1.82) is 0 Å². The van der Waals surface area contributed by atoms with Crippen LogP contribution in [0.3, 0.4) is 0 Å². The predicted molar refractivity (Wildman–Crippen MR) is 149 cm³/mol. The summed E-state index contributed by atoms with van der Waals surface area (Å²) in [4.78, 5) is 0. The minimum atomic E-state index is -1.06. The number of hydrogen-bond acceptors (Lipinski definition) is 3. The number of allylic oxidation sites excluding steroid dienone is 7. The number of phenolic OH excluding ortho intramolecular Hbond substituents is 1. The quantitative estimate of drug-likeness (QED) is 0.361. The normalized spacial score (nSPS) is 19.0. The molecule has 174 valence electrons. The van der Waals surface area contributed by atoms with Crippen molar-refractivity contribution in [1.82, 2.24) is 0 Å². The minimum absolute atomic E-state index is 0.304. The van der Waals surface area contributed by atoms with E-state index in [1.54, 1.807) is 6.07 Å². The SMILES string of the molecule is Oc1ccccc1-c1ccccc1PN(c1ccccc1)P1OC2=C(CCC=C2)C2=C1C=CCC2. The Morgan fingerprint density at radius 2 is 1.43 bits per heavy atom. The Morgan fingerprint density at radius 3 is 2.26 bits per heavy atom. The number of nitrogens with zero attached hydrogens (tertiary/aromatic N) is 1. The lowest BCUT2D eigenvalue weighted by molar-refractivity contribution is 0.477. The van der Waals surface area contributed by atoms with Gasteiger partial charge in [-0.15, -0.1) is 0 Å². The topological polar surface area (TPSA) is 32.7 Å². The molecule has 3 nitrogen and oxygen atoms in total. The molecule has 5 heteroatoms. The second-order valence-electron chi connectivity index (χ2n) is 8.77. The van der Waals surface area contributed by atoms with E-state index in [9.17, 15) is 5.11 Å². The fourth-order valence-electron chi connectivity index (χ4n) is 4.87. The number of hydrogen-bond donors (Lipinski definition) is 1. The summed E-state index contributed by atoms with van der Waals surface area (Å²) in [6.07, 6.45) is 13.3. The van der Waals surface area contributed by atoms with Gasteiger partial charge in [-0.1, -0.05) is 78.9 Å². The zero-order valence-electron chi connectivity index (χ0n) is 19.4.